The van der Waals surface area contributed by atoms with Crippen molar-refractivity contribution in [3.05, 3.63) is 115 Å². The molecule has 0 heterocycles. The van der Waals surface area contributed by atoms with E-state index in [0.717, 1.165) is 43.5 Å². The summed E-state index contributed by atoms with van der Waals surface area (Å²) in [6.45, 7) is 22.0. The molecule has 214 valence electrons. The second-order valence-corrected chi connectivity index (χ2v) is 7.79. The van der Waals surface area contributed by atoms with Gasteiger partial charge in [0.15, 0.2) is 0 Å². The summed E-state index contributed by atoms with van der Waals surface area (Å²) in [4.78, 5) is 11.1. The number of aliphatic hydroxyl groups excluding tert-OH is 2. The molecule has 0 saturated heterocycles. The van der Waals surface area contributed by atoms with Crippen LogP contribution in [0.25, 0.3) is 0 Å². The second-order valence-electron chi connectivity index (χ2n) is 7.79. The molecule has 7 nitrogen and oxygen atoms in total. The maximum Gasteiger partial charge on any atom is 0.124 e. The highest BCUT2D eigenvalue weighted by molar-refractivity contribution is 5.84. The average molecular weight is 537 g/mol. The van der Waals surface area contributed by atoms with Crippen LogP contribution in [0.15, 0.2) is 114 Å². The Morgan fingerprint density at radius 3 is 2.03 bits per heavy atom. The molecule has 1 aromatic carbocycles. The number of aliphatic hydroxyl groups is 2. The van der Waals surface area contributed by atoms with E-state index in [1.54, 1.807) is 54.9 Å². The summed E-state index contributed by atoms with van der Waals surface area (Å²) < 4.78 is 0. The van der Waals surface area contributed by atoms with Gasteiger partial charge in [-0.3, -0.25) is 14.9 Å². The fourth-order valence-electron chi connectivity index (χ4n) is 2.94. The molecule has 2 rings (SSSR count). The molecule has 0 radical (unpaired) electrons. The predicted octanol–water partition coefficient (Wildman–Crippen LogP) is 4.79. The minimum Gasteiger partial charge on any atom is -0.507 e. The van der Waals surface area contributed by atoms with Gasteiger partial charge in [0.05, 0.1) is 19.2 Å². The van der Waals surface area contributed by atoms with E-state index >= 15 is 0 Å². The van der Waals surface area contributed by atoms with E-state index < -0.39 is 6.10 Å². The Bertz CT molecular complexity index is 963. The number of rotatable bonds is 12. The minimum atomic E-state index is -0.663. The van der Waals surface area contributed by atoms with Crippen LogP contribution in [0, 0.1) is 0 Å². The van der Waals surface area contributed by atoms with Gasteiger partial charge in [0, 0.05) is 43.8 Å². The molecule has 1 aliphatic rings. The van der Waals surface area contributed by atoms with E-state index in [4.69, 9.17) is 10.8 Å². The first-order valence-corrected chi connectivity index (χ1v) is 12.8. The largest absolute Gasteiger partial charge is 0.507 e. The molecular weight excluding hydrogens is 488 g/mol. The highest BCUT2D eigenvalue weighted by Gasteiger charge is 2.10. The molecule has 0 aromatic heterocycles. The maximum absolute atomic E-state index is 10.3. The van der Waals surface area contributed by atoms with Crippen LogP contribution in [-0.4, -0.2) is 78.6 Å². The third-order valence-electron chi connectivity index (χ3n) is 5.09. The molecule has 7 heteroatoms. The van der Waals surface area contributed by atoms with E-state index in [9.17, 15) is 10.2 Å². The van der Waals surface area contributed by atoms with E-state index in [1.165, 1.54) is 0 Å². The number of phenols is 1. The van der Waals surface area contributed by atoms with Crippen molar-refractivity contribution < 1.29 is 15.3 Å². The topological polar surface area (TPSA) is 115 Å². The van der Waals surface area contributed by atoms with Crippen LogP contribution in [0.4, 0.5) is 0 Å². The molecule has 1 unspecified atom stereocenters. The fraction of sp³-hybridized carbons (Fsp3) is 0.312. The smallest absolute Gasteiger partial charge is 0.124 e. The third kappa shape index (κ3) is 18.3. The SMILES string of the molecule is C=CC=C.C=CC=C.CCN(CC)CC1=CC=CC(O)C(C=NCCN=Cc2cc(CN)ccc2O)=C1.CO. The van der Waals surface area contributed by atoms with Gasteiger partial charge in [0.25, 0.3) is 0 Å². The van der Waals surface area contributed by atoms with Gasteiger partial charge in [-0.15, -0.1) is 0 Å². The van der Waals surface area contributed by atoms with Gasteiger partial charge >= 0.3 is 0 Å². The van der Waals surface area contributed by atoms with Crippen molar-refractivity contribution in [2.24, 2.45) is 15.7 Å². The molecule has 0 amide bonds. The van der Waals surface area contributed by atoms with E-state index in [2.05, 4.69) is 55.0 Å². The number of nitrogens with two attached hydrogens (primary N) is 1. The summed E-state index contributed by atoms with van der Waals surface area (Å²) in [6.07, 6.45) is 16.9. The van der Waals surface area contributed by atoms with Crippen molar-refractivity contribution in [3.63, 3.8) is 0 Å². The number of nitrogens with zero attached hydrogens (tertiary/aromatic N) is 3. The molecule has 0 spiro atoms. The number of benzene rings is 1. The van der Waals surface area contributed by atoms with E-state index in [0.29, 0.717) is 25.2 Å². The standard InChI is InChI=1S/C23H32N4O2.2C4H6.CH4O/c1-3-27(4-2)17-19-6-5-7-22(28)21(13-19)16-26-11-10-25-15-20-12-18(14-24)8-9-23(20)29;2*1-3-4-2;1-2/h5-9,12-13,15-16,22,28-29H,3-4,10-11,14,17,24H2,1-2H3;2*3-4H,1-2H2;2H,1H3. The van der Waals surface area contributed by atoms with E-state index in [-0.39, 0.29) is 5.75 Å². The second kappa shape index (κ2) is 26.0. The number of aromatic hydroxyl groups is 1. The van der Waals surface area contributed by atoms with Crippen LogP contribution in [0.1, 0.15) is 25.0 Å². The Labute approximate surface area is 235 Å². The predicted molar refractivity (Wildman–Crippen MR) is 170 cm³/mol. The number of likely N-dealkylation sites (N-methyl/N-ethyl adjacent to an activating group) is 1. The first kappa shape index (κ1) is 37.5. The molecule has 0 fully saturated rings. The van der Waals surface area contributed by atoms with Crippen molar-refractivity contribution in [3.8, 4) is 5.75 Å². The van der Waals surface area contributed by atoms with Crippen molar-refractivity contribution in [2.75, 3.05) is 39.8 Å². The number of aliphatic imine (C=N–C) groups is 2. The lowest BCUT2D eigenvalue weighted by Gasteiger charge is -2.18. The van der Waals surface area contributed by atoms with Gasteiger partial charge in [-0.25, -0.2) is 0 Å². The van der Waals surface area contributed by atoms with Crippen LogP contribution in [0.5, 0.6) is 5.75 Å². The normalized spacial score (nSPS) is 14.0. The Hall–Kier alpha value is -3.62. The number of allylic oxidation sites excluding steroid dienone is 6. The first-order chi connectivity index (χ1) is 18.9. The van der Waals surface area contributed by atoms with Crippen LogP contribution < -0.4 is 5.73 Å². The minimum absolute atomic E-state index is 0.181. The zero-order valence-electron chi connectivity index (χ0n) is 23.9. The lowest BCUT2D eigenvalue weighted by molar-refractivity contribution is 0.266. The van der Waals surface area contributed by atoms with Gasteiger partial charge in [-0.05, 0) is 36.4 Å². The van der Waals surface area contributed by atoms with Gasteiger partial charge in [-0.1, -0.05) is 94.8 Å². The van der Waals surface area contributed by atoms with Crippen LogP contribution in [0.3, 0.4) is 0 Å². The lowest BCUT2D eigenvalue weighted by atomic mass is 10.1. The molecule has 1 aliphatic carbocycles. The van der Waals surface area contributed by atoms with Gasteiger partial charge in [0.1, 0.15) is 5.75 Å². The average Bonchev–Trinajstić information content (AvgIpc) is 3.15. The molecule has 39 heavy (non-hydrogen) atoms. The summed E-state index contributed by atoms with van der Waals surface area (Å²) in [7, 11) is 1.00. The molecule has 5 N–H and O–H groups in total. The van der Waals surface area contributed by atoms with Crippen LogP contribution in [0.2, 0.25) is 0 Å². The highest BCUT2D eigenvalue weighted by atomic mass is 16.3. The van der Waals surface area contributed by atoms with Gasteiger partial charge < -0.3 is 21.1 Å². The summed E-state index contributed by atoms with van der Waals surface area (Å²) in [5, 5.41) is 27.2. The Morgan fingerprint density at radius 1 is 0.949 bits per heavy atom. The van der Waals surface area contributed by atoms with Crippen molar-refractivity contribution in [1.82, 2.24) is 4.90 Å². The van der Waals surface area contributed by atoms with Crippen LogP contribution >= 0.6 is 0 Å². The van der Waals surface area contributed by atoms with Crippen molar-refractivity contribution in [1.29, 1.82) is 0 Å². The Balaban J connectivity index is 0. The fourth-order valence-corrected chi connectivity index (χ4v) is 2.94. The molecule has 0 saturated carbocycles. The summed E-state index contributed by atoms with van der Waals surface area (Å²) >= 11 is 0. The Morgan fingerprint density at radius 2 is 1.51 bits per heavy atom. The van der Waals surface area contributed by atoms with Gasteiger partial charge in [-0.2, -0.15) is 0 Å². The monoisotopic (exact) mass is 536 g/mol. The lowest BCUT2D eigenvalue weighted by Crippen LogP contribution is -2.25. The molecule has 1 aromatic rings. The molecule has 0 bridgehead atoms. The van der Waals surface area contributed by atoms with E-state index in [1.807, 2.05) is 24.3 Å². The summed E-state index contributed by atoms with van der Waals surface area (Å²) in [5.74, 6) is 0.181. The molecule has 0 aliphatic heterocycles. The Kier molecular flexibility index (Phi) is 25.0. The first-order valence-electron chi connectivity index (χ1n) is 12.8. The number of hydrogen-bond acceptors (Lipinski definition) is 7. The zero-order valence-corrected chi connectivity index (χ0v) is 23.9. The molecule has 1 atom stereocenters. The number of phenolic OH excluding ortho intramolecular Hbond substituents is 1. The summed E-state index contributed by atoms with van der Waals surface area (Å²) in [5.41, 5.74) is 9.14. The third-order valence-corrected chi connectivity index (χ3v) is 5.09. The van der Waals surface area contributed by atoms with Crippen molar-refractivity contribution >= 4 is 12.4 Å². The molecular formula is C32H48N4O3. The van der Waals surface area contributed by atoms with Crippen molar-refractivity contribution in [2.45, 2.75) is 26.5 Å². The maximum atomic E-state index is 10.3. The summed E-state index contributed by atoms with van der Waals surface area (Å²) in [6, 6.07) is 5.24. The quantitative estimate of drug-likeness (QED) is 0.174. The zero-order chi connectivity index (χ0) is 29.9. The highest BCUT2D eigenvalue weighted by Crippen LogP contribution is 2.16. The number of hydrogen-bond donors (Lipinski definition) is 4. The van der Waals surface area contributed by atoms with Crippen LogP contribution in [-0.2, 0) is 6.54 Å². The van der Waals surface area contributed by atoms with Gasteiger partial charge in [0.2, 0.25) is 0 Å².